The van der Waals surface area contributed by atoms with Gasteiger partial charge in [-0.3, -0.25) is 9.48 Å². The Morgan fingerprint density at radius 3 is 3.06 bits per heavy atom. The van der Waals surface area contributed by atoms with Crippen LogP contribution in [-0.2, 0) is 16.1 Å². The molecule has 1 rings (SSSR count). The van der Waals surface area contributed by atoms with Crippen LogP contribution in [0, 0.1) is 0 Å². The van der Waals surface area contributed by atoms with Crippen LogP contribution in [0.3, 0.4) is 0 Å². The van der Waals surface area contributed by atoms with Crippen molar-refractivity contribution in [3.05, 3.63) is 12.4 Å². The maximum Gasteiger partial charge on any atom is 0.241 e. The van der Waals surface area contributed by atoms with Gasteiger partial charge >= 0.3 is 0 Å². The van der Waals surface area contributed by atoms with Crippen LogP contribution < -0.4 is 10.6 Å². The predicted molar refractivity (Wildman–Crippen MR) is 65.9 cm³/mol. The number of hydrogen-bond donors (Lipinski definition) is 2. The van der Waals surface area contributed by atoms with Crippen molar-refractivity contribution in [3.8, 4) is 0 Å². The zero-order chi connectivity index (χ0) is 12.7. The Balaban J connectivity index is 2.42. The van der Waals surface area contributed by atoms with Crippen molar-refractivity contribution in [3.63, 3.8) is 0 Å². The van der Waals surface area contributed by atoms with Gasteiger partial charge in [-0.2, -0.15) is 5.10 Å². The molecule has 0 fully saturated rings. The summed E-state index contributed by atoms with van der Waals surface area (Å²) in [5.74, 6) is -0.0629. The van der Waals surface area contributed by atoms with Crippen molar-refractivity contribution >= 4 is 11.6 Å². The molecule has 1 aromatic rings. The highest BCUT2D eigenvalue weighted by Gasteiger charge is 2.05. The maximum absolute atomic E-state index is 11.1. The van der Waals surface area contributed by atoms with E-state index in [1.165, 1.54) is 0 Å². The van der Waals surface area contributed by atoms with Crippen LogP contribution in [0.25, 0.3) is 0 Å². The van der Waals surface area contributed by atoms with Crippen molar-refractivity contribution < 1.29 is 9.53 Å². The zero-order valence-corrected chi connectivity index (χ0v) is 10.6. The minimum atomic E-state index is -0.0629. The number of ether oxygens (including phenoxy) is 1. The van der Waals surface area contributed by atoms with Crippen molar-refractivity contribution in [2.24, 2.45) is 0 Å². The van der Waals surface area contributed by atoms with Crippen LogP contribution >= 0.6 is 0 Å². The van der Waals surface area contributed by atoms with Gasteiger partial charge in [-0.05, 0) is 13.3 Å². The van der Waals surface area contributed by atoms with Gasteiger partial charge in [0.05, 0.1) is 11.9 Å². The van der Waals surface area contributed by atoms with Crippen LogP contribution in [0.1, 0.15) is 13.3 Å². The first-order chi connectivity index (χ1) is 8.15. The molecule has 0 spiro atoms. The Hall–Kier alpha value is -1.56. The first kappa shape index (κ1) is 13.5. The van der Waals surface area contributed by atoms with E-state index in [0.717, 1.165) is 18.7 Å². The lowest BCUT2D eigenvalue weighted by molar-refractivity contribution is -0.121. The molecule has 6 heteroatoms. The lowest BCUT2D eigenvalue weighted by Gasteiger charge is -2.12. The molecule has 2 N–H and O–H groups in total. The van der Waals surface area contributed by atoms with Gasteiger partial charge < -0.3 is 15.4 Å². The highest BCUT2D eigenvalue weighted by molar-refractivity contribution is 5.75. The monoisotopic (exact) mass is 240 g/mol. The highest BCUT2D eigenvalue weighted by atomic mass is 16.5. The fourth-order valence-electron chi connectivity index (χ4n) is 1.40. The SMILES string of the molecule is CNC(=O)Cn1cc(NC(C)CCOC)cn1. The summed E-state index contributed by atoms with van der Waals surface area (Å²) < 4.78 is 6.61. The second kappa shape index (κ2) is 6.90. The number of carbonyl (C=O) groups is 1. The molecule has 96 valence electrons. The molecule has 0 saturated heterocycles. The molecular formula is C11H20N4O2. The summed E-state index contributed by atoms with van der Waals surface area (Å²) in [5, 5.41) is 9.95. The van der Waals surface area contributed by atoms with Crippen LogP contribution in [-0.4, -0.2) is 42.5 Å². The largest absolute Gasteiger partial charge is 0.385 e. The van der Waals surface area contributed by atoms with Crippen LogP contribution in [0.4, 0.5) is 5.69 Å². The molecule has 0 aromatic carbocycles. The van der Waals surface area contributed by atoms with Gasteiger partial charge in [-0.15, -0.1) is 0 Å². The van der Waals surface area contributed by atoms with Gasteiger partial charge in [0.1, 0.15) is 6.54 Å². The van der Waals surface area contributed by atoms with E-state index in [4.69, 9.17) is 4.74 Å². The molecule has 17 heavy (non-hydrogen) atoms. The number of methoxy groups -OCH3 is 1. The van der Waals surface area contributed by atoms with Gasteiger partial charge in [-0.25, -0.2) is 0 Å². The lowest BCUT2D eigenvalue weighted by Crippen LogP contribution is -2.23. The number of nitrogens with zero attached hydrogens (tertiary/aromatic N) is 2. The molecule has 0 radical (unpaired) electrons. The summed E-state index contributed by atoms with van der Waals surface area (Å²) >= 11 is 0. The first-order valence-electron chi connectivity index (χ1n) is 5.64. The Bertz CT molecular complexity index is 351. The summed E-state index contributed by atoms with van der Waals surface area (Å²) in [6.45, 7) is 3.04. The van der Waals surface area contributed by atoms with Crippen LogP contribution in [0.2, 0.25) is 0 Å². The smallest absolute Gasteiger partial charge is 0.241 e. The van der Waals surface area contributed by atoms with Crippen molar-refractivity contribution in [1.29, 1.82) is 0 Å². The Labute approximate surface area is 101 Å². The number of aromatic nitrogens is 2. The van der Waals surface area contributed by atoms with Crippen molar-refractivity contribution in [2.45, 2.75) is 25.9 Å². The number of anilines is 1. The molecule has 1 heterocycles. The Morgan fingerprint density at radius 2 is 2.41 bits per heavy atom. The first-order valence-corrected chi connectivity index (χ1v) is 5.64. The van der Waals surface area contributed by atoms with E-state index < -0.39 is 0 Å². The van der Waals surface area contributed by atoms with Crippen molar-refractivity contribution in [1.82, 2.24) is 15.1 Å². The van der Waals surface area contributed by atoms with Gasteiger partial charge in [0.2, 0.25) is 5.91 Å². The quantitative estimate of drug-likeness (QED) is 0.727. The molecule has 6 nitrogen and oxygen atoms in total. The second-order valence-electron chi connectivity index (χ2n) is 3.93. The molecule has 0 aliphatic carbocycles. The van der Waals surface area contributed by atoms with E-state index in [0.29, 0.717) is 6.04 Å². The normalized spacial score (nSPS) is 12.2. The van der Waals surface area contributed by atoms with Gasteiger partial charge in [-0.1, -0.05) is 0 Å². The second-order valence-corrected chi connectivity index (χ2v) is 3.93. The average Bonchev–Trinajstić information content (AvgIpc) is 2.73. The third kappa shape index (κ3) is 4.86. The van der Waals surface area contributed by atoms with E-state index in [2.05, 4.69) is 22.7 Å². The highest BCUT2D eigenvalue weighted by Crippen LogP contribution is 2.08. The molecule has 1 aromatic heterocycles. The summed E-state index contributed by atoms with van der Waals surface area (Å²) in [6.07, 6.45) is 4.46. The van der Waals surface area contributed by atoms with Crippen molar-refractivity contribution in [2.75, 3.05) is 26.1 Å². The van der Waals surface area contributed by atoms with Crippen LogP contribution in [0.15, 0.2) is 12.4 Å². The van der Waals surface area contributed by atoms with Gasteiger partial charge in [0.25, 0.3) is 0 Å². The van der Waals surface area contributed by atoms with Gasteiger partial charge in [0, 0.05) is 33.0 Å². The van der Waals surface area contributed by atoms with Gasteiger partial charge in [0.15, 0.2) is 0 Å². The van der Waals surface area contributed by atoms with E-state index in [-0.39, 0.29) is 12.5 Å². The summed E-state index contributed by atoms with van der Waals surface area (Å²) in [6, 6.07) is 0.313. The average molecular weight is 240 g/mol. The van der Waals surface area contributed by atoms with E-state index >= 15 is 0 Å². The number of likely N-dealkylation sites (N-methyl/N-ethyl adjacent to an activating group) is 1. The van der Waals surface area contributed by atoms with E-state index in [1.807, 2.05) is 6.20 Å². The molecule has 0 aliphatic rings. The topological polar surface area (TPSA) is 68.2 Å². The summed E-state index contributed by atoms with van der Waals surface area (Å²) in [4.78, 5) is 11.1. The predicted octanol–water partition coefficient (Wildman–Crippen LogP) is 0.466. The standard InChI is InChI=1S/C11H20N4O2/c1-9(4-5-17-3)14-10-6-13-15(7-10)8-11(16)12-2/h6-7,9,14H,4-5,8H2,1-3H3,(H,12,16). The molecule has 0 bridgehead atoms. The third-order valence-electron chi connectivity index (χ3n) is 2.39. The van der Waals surface area contributed by atoms with E-state index in [9.17, 15) is 4.79 Å². The Morgan fingerprint density at radius 1 is 1.65 bits per heavy atom. The fourth-order valence-corrected chi connectivity index (χ4v) is 1.40. The number of nitrogens with one attached hydrogen (secondary N) is 2. The number of amides is 1. The maximum atomic E-state index is 11.1. The third-order valence-corrected chi connectivity index (χ3v) is 2.39. The molecule has 1 unspecified atom stereocenters. The molecular weight excluding hydrogens is 220 g/mol. The Kier molecular flexibility index (Phi) is 5.48. The summed E-state index contributed by atoms with van der Waals surface area (Å²) in [5.41, 5.74) is 0.914. The summed E-state index contributed by atoms with van der Waals surface area (Å²) in [7, 11) is 3.30. The number of hydrogen-bond acceptors (Lipinski definition) is 4. The molecule has 0 saturated carbocycles. The molecule has 0 aliphatic heterocycles. The minimum absolute atomic E-state index is 0.0629. The molecule has 1 atom stereocenters. The minimum Gasteiger partial charge on any atom is -0.385 e. The van der Waals surface area contributed by atoms with Crippen LogP contribution in [0.5, 0.6) is 0 Å². The number of rotatable bonds is 7. The van der Waals surface area contributed by atoms with E-state index in [1.54, 1.807) is 25.0 Å². The number of carbonyl (C=O) groups excluding carboxylic acids is 1. The molecule has 1 amide bonds. The fraction of sp³-hybridized carbons (Fsp3) is 0.636. The lowest BCUT2D eigenvalue weighted by atomic mass is 10.2. The zero-order valence-electron chi connectivity index (χ0n) is 10.6.